The van der Waals surface area contributed by atoms with Gasteiger partial charge in [-0.1, -0.05) is 82.1 Å². The molecule has 0 N–H and O–H groups in total. The molecule has 1 heterocycles. The fraction of sp³-hybridized carbons (Fsp3) is 0.600. The molecule has 5 heteroatoms. The highest BCUT2D eigenvalue weighted by Gasteiger charge is 2.10. The monoisotopic (exact) mass is 554 g/mol. The van der Waals surface area contributed by atoms with Crippen molar-refractivity contribution in [3.63, 3.8) is 0 Å². The van der Waals surface area contributed by atoms with Crippen molar-refractivity contribution in [2.45, 2.75) is 124 Å². The van der Waals surface area contributed by atoms with E-state index in [-0.39, 0.29) is 11.6 Å². The number of carbonyl (C=O) groups is 1. The van der Waals surface area contributed by atoms with Gasteiger partial charge < -0.3 is 13.9 Å². The quantitative estimate of drug-likeness (QED) is 0.0748. The van der Waals surface area contributed by atoms with E-state index in [1.54, 1.807) is 13.2 Å². The summed E-state index contributed by atoms with van der Waals surface area (Å²) >= 11 is 0. The van der Waals surface area contributed by atoms with E-state index >= 15 is 0 Å². The van der Waals surface area contributed by atoms with E-state index in [1.807, 2.05) is 32.9 Å². The van der Waals surface area contributed by atoms with E-state index in [0.717, 1.165) is 29.5 Å². The molecule has 0 aliphatic heterocycles. The molecule has 0 atom stereocenters. The van der Waals surface area contributed by atoms with Gasteiger partial charge in [-0.3, -0.25) is 4.79 Å². The summed E-state index contributed by atoms with van der Waals surface area (Å²) in [5.74, 6) is 0.703. The fourth-order valence-electron chi connectivity index (χ4n) is 4.44. The van der Waals surface area contributed by atoms with Gasteiger partial charge in [-0.25, -0.2) is 4.79 Å². The summed E-state index contributed by atoms with van der Waals surface area (Å²) in [6, 6.07) is 6.99. The number of hydrogen-bond acceptors (Lipinski definition) is 5. The van der Waals surface area contributed by atoms with Crippen LogP contribution in [0.5, 0.6) is 5.75 Å². The number of rotatable bonds is 19. The molecule has 0 bridgehead atoms. The maximum absolute atomic E-state index is 11.4. The first-order valence-electron chi connectivity index (χ1n) is 15.5. The Hall–Kier alpha value is -2.82. The molecular weight excluding hydrogens is 500 g/mol. The lowest BCUT2D eigenvalue weighted by molar-refractivity contribution is -0.143. The number of fused-ring (bicyclic) bond motifs is 1. The maximum Gasteiger partial charge on any atom is 0.336 e. The van der Waals surface area contributed by atoms with Gasteiger partial charge in [-0.15, -0.1) is 0 Å². The second-order valence-electron chi connectivity index (χ2n) is 10.5. The van der Waals surface area contributed by atoms with Crippen LogP contribution in [0.25, 0.3) is 11.0 Å². The lowest BCUT2D eigenvalue weighted by Crippen LogP contribution is -2.03. The zero-order chi connectivity index (χ0) is 29.4. The molecule has 0 aliphatic rings. The van der Waals surface area contributed by atoms with Gasteiger partial charge in [0.2, 0.25) is 0 Å². The molecule has 5 nitrogen and oxygen atoms in total. The Morgan fingerprint density at radius 3 is 2.02 bits per heavy atom. The van der Waals surface area contributed by atoms with E-state index < -0.39 is 0 Å². The van der Waals surface area contributed by atoms with Crippen molar-refractivity contribution in [2.24, 2.45) is 0 Å². The van der Waals surface area contributed by atoms with Crippen molar-refractivity contribution in [3.8, 4) is 5.75 Å². The van der Waals surface area contributed by atoms with Crippen LogP contribution in [0.1, 0.15) is 123 Å². The fourth-order valence-corrected chi connectivity index (χ4v) is 4.44. The zero-order valence-electron chi connectivity index (χ0n) is 25.9. The van der Waals surface area contributed by atoms with Gasteiger partial charge >= 0.3 is 11.6 Å². The smallest absolute Gasteiger partial charge is 0.336 e. The van der Waals surface area contributed by atoms with E-state index in [2.05, 4.69) is 25.2 Å². The standard InChI is InChI=1S/C20H38O2.C15H16O3/c1-3-5-6-7-8-9-10-11-12-13-14-15-16-17-18-19-20(21)22-4-2;1-10(2)4-7-12-13(17-3)8-5-11-6-9-14(16)18-15(11)12/h11-12H,3-10,13-19H2,1-2H3;4-6,8-9H,7H2,1-3H3/b12-11-;. The normalized spacial score (nSPS) is 10.8. The van der Waals surface area contributed by atoms with Gasteiger partial charge in [0.15, 0.2) is 0 Å². The van der Waals surface area contributed by atoms with Gasteiger partial charge in [0, 0.05) is 23.4 Å². The Balaban J connectivity index is 0.000000406. The third kappa shape index (κ3) is 16.3. The summed E-state index contributed by atoms with van der Waals surface area (Å²) in [6.45, 7) is 8.70. The lowest BCUT2D eigenvalue weighted by Gasteiger charge is -2.09. The summed E-state index contributed by atoms with van der Waals surface area (Å²) in [4.78, 5) is 22.5. The van der Waals surface area contributed by atoms with Crippen molar-refractivity contribution < 1.29 is 18.7 Å². The highest BCUT2D eigenvalue weighted by molar-refractivity contribution is 5.82. The van der Waals surface area contributed by atoms with Gasteiger partial charge in [0.25, 0.3) is 0 Å². The average Bonchev–Trinajstić information content (AvgIpc) is 2.94. The van der Waals surface area contributed by atoms with Crippen LogP contribution in [-0.2, 0) is 16.0 Å². The first kappa shape index (κ1) is 35.2. The second kappa shape index (κ2) is 22.9. The molecule has 0 fully saturated rings. The van der Waals surface area contributed by atoms with Gasteiger partial charge in [-0.2, -0.15) is 0 Å². The number of carbonyl (C=O) groups excluding carboxylic acids is 1. The van der Waals surface area contributed by atoms with Crippen molar-refractivity contribution in [1.82, 2.24) is 0 Å². The van der Waals surface area contributed by atoms with Crippen LogP contribution in [0.2, 0.25) is 0 Å². The summed E-state index contributed by atoms with van der Waals surface area (Å²) in [7, 11) is 1.62. The van der Waals surface area contributed by atoms with Crippen molar-refractivity contribution >= 4 is 16.9 Å². The maximum atomic E-state index is 11.4. The molecule has 2 aromatic rings. The molecule has 0 saturated heterocycles. The molecule has 2 rings (SSSR count). The first-order chi connectivity index (χ1) is 19.4. The van der Waals surface area contributed by atoms with E-state index in [1.165, 1.54) is 82.3 Å². The molecule has 0 amide bonds. The van der Waals surface area contributed by atoms with E-state index in [9.17, 15) is 9.59 Å². The minimum Gasteiger partial charge on any atom is -0.496 e. The van der Waals surface area contributed by atoms with E-state index in [0.29, 0.717) is 25.0 Å². The first-order valence-corrected chi connectivity index (χ1v) is 15.5. The lowest BCUT2D eigenvalue weighted by atomic mass is 10.1. The molecule has 224 valence electrons. The van der Waals surface area contributed by atoms with Crippen LogP contribution >= 0.6 is 0 Å². The van der Waals surface area contributed by atoms with Gasteiger partial charge in [0.05, 0.1) is 13.7 Å². The predicted molar refractivity (Wildman–Crippen MR) is 168 cm³/mol. The number of ether oxygens (including phenoxy) is 2. The third-order valence-corrected chi connectivity index (χ3v) is 6.73. The van der Waals surface area contributed by atoms with Crippen molar-refractivity contribution in [3.05, 3.63) is 64.1 Å². The molecule has 1 aromatic heterocycles. The SMILES string of the molecule is CCCCCCCC/C=C\CCCCCCCC(=O)OCC.COc1ccc2ccc(=O)oc2c1CC=C(C)C. The zero-order valence-corrected chi connectivity index (χ0v) is 25.9. The van der Waals surface area contributed by atoms with Crippen LogP contribution in [-0.4, -0.2) is 19.7 Å². The van der Waals surface area contributed by atoms with Crippen LogP contribution in [0, 0.1) is 0 Å². The van der Waals surface area contributed by atoms with Gasteiger partial charge in [-0.05, 0) is 77.5 Å². The Morgan fingerprint density at radius 1 is 0.825 bits per heavy atom. The molecule has 0 aliphatic carbocycles. The summed E-state index contributed by atoms with van der Waals surface area (Å²) < 4.78 is 15.5. The highest BCUT2D eigenvalue weighted by atomic mass is 16.5. The number of benzene rings is 1. The number of allylic oxidation sites excluding steroid dienone is 4. The molecular formula is C35H54O5. The van der Waals surface area contributed by atoms with E-state index in [4.69, 9.17) is 13.9 Å². The summed E-state index contributed by atoms with van der Waals surface area (Å²) in [5, 5.41) is 0.910. The van der Waals surface area contributed by atoms with Crippen LogP contribution in [0.4, 0.5) is 0 Å². The van der Waals surface area contributed by atoms with Crippen LogP contribution < -0.4 is 10.4 Å². The average molecular weight is 555 g/mol. The van der Waals surface area contributed by atoms with Crippen LogP contribution in [0.3, 0.4) is 0 Å². The molecule has 1 aromatic carbocycles. The molecule has 0 unspecified atom stereocenters. The predicted octanol–water partition coefficient (Wildman–Crippen LogP) is 9.90. The minimum atomic E-state index is -0.339. The number of methoxy groups -OCH3 is 1. The summed E-state index contributed by atoms with van der Waals surface area (Å²) in [6.07, 6.45) is 24.8. The van der Waals surface area contributed by atoms with Crippen LogP contribution in [0.15, 0.2) is 57.3 Å². The minimum absolute atomic E-state index is 0.0415. The van der Waals surface area contributed by atoms with Gasteiger partial charge in [0.1, 0.15) is 11.3 Å². The molecule has 0 spiro atoms. The topological polar surface area (TPSA) is 65.7 Å². The highest BCUT2D eigenvalue weighted by Crippen LogP contribution is 2.28. The molecule has 40 heavy (non-hydrogen) atoms. The largest absolute Gasteiger partial charge is 0.496 e. The Kier molecular flexibility index (Phi) is 20.2. The third-order valence-electron chi connectivity index (χ3n) is 6.73. The molecule has 0 radical (unpaired) electrons. The van der Waals surface area contributed by atoms with Crippen molar-refractivity contribution in [2.75, 3.05) is 13.7 Å². The summed E-state index contributed by atoms with van der Waals surface area (Å²) in [5.41, 5.74) is 2.40. The number of esters is 1. The Labute approximate surface area is 243 Å². The Bertz CT molecular complexity index is 1060. The Morgan fingerprint density at radius 2 is 1.43 bits per heavy atom. The number of unbranched alkanes of at least 4 members (excludes halogenated alkanes) is 11. The number of hydrogen-bond donors (Lipinski definition) is 0. The molecule has 0 saturated carbocycles. The second-order valence-corrected chi connectivity index (χ2v) is 10.5. The van der Waals surface area contributed by atoms with Crippen molar-refractivity contribution in [1.29, 1.82) is 0 Å².